The number of hydrogen-bond donors (Lipinski definition) is 1. The van der Waals surface area contributed by atoms with E-state index in [0.717, 1.165) is 64.2 Å². The SMILES string of the molecule is CC/C=C\C/C=C\C/C=C\CCCCCCCC(=O)OC[C@H](O)COC(=O)CCCCCCCCCCCCCCCCCCCCCCC. The Morgan fingerprint density at radius 2 is 0.760 bits per heavy atom. The van der Waals surface area contributed by atoms with Crippen LogP contribution in [0.2, 0.25) is 0 Å². The molecule has 0 aromatic carbocycles. The van der Waals surface area contributed by atoms with Crippen molar-refractivity contribution >= 4 is 11.9 Å². The molecule has 0 saturated carbocycles. The van der Waals surface area contributed by atoms with Gasteiger partial charge in [-0.3, -0.25) is 9.59 Å². The minimum Gasteiger partial charge on any atom is -0.463 e. The van der Waals surface area contributed by atoms with E-state index in [0.29, 0.717) is 12.8 Å². The van der Waals surface area contributed by atoms with Gasteiger partial charge in [-0.15, -0.1) is 0 Å². The number of allylic oxidation sites excluding steroid dienone is 6. The fraction of sp³-hybridized carbons (Fsp3) is 0.822. The fourth-order valence-electron chi connectivity index (χ4n) is 6.16. The highest BCUT2D eigenvalue weighted by atomic mass is 16.6. The second-order valence-corrected chi connectivity index (χ2v) is 14.4. The van der Waals surface area contributed by atoms with Crippen molar-refractivity contribution < 1.29 is 24.2 Å². The van der Waals surface area contributed by atoms with Crippen molar-refractivity contribution in [3.8, 4) is 0 Å². The summed E-state index contributed by atoms with van der Waals surface area (Å²) in [5.41, 5.74) is 0. The third kappa shape index (κ3) is 40.5. The van der Waals surface area contributed by atoms with Gasteiger partial charge in [-0.2, -0.15) is 0 Å². The van der Waals surface area contributed by atoms with Gasteiger partial charge in [-0.05, 0) is 44.9 Å². The van der Waals surface area contributed by atoms with Crippen LogP contribution in [-0.4, -0.2) is 36.4 Å². The number of hydrogen-bond acceptors (Lipinski definition) is 5. The molecule has 0 aliphatic heterocycles. The maximum atomic E-state index is 12.0. The number of aliphatic hydroxyl groups is 1. The Hall–Kier alpha value is -1.88. The molecule has 292 valence electrons. The lowest BCUT2D eigenvalue weighted by molar-refractivity contribution is -0.152. The first-order valence-corrected chi connectivity index (χ1v) is 21.5. The molecule has 0 radical (unpaired) electrons. The van der Waals surface area contributed by atoms with Gasteiger partial charge < -0.3 is 14.6 Å². The second-order valence-electron chi connectivity index (χ2n) is 14.4. The number of rotatable bonds is 39. The van der Waals surface area contributed by atoms with E-state index in [2.05, 4.69) is 50.3 Å². The van der Waals surface area contributed by atoms with Crippen molar-refractivity contribution in [1.29, 1.82) is 0 Å². The second kappa shape index (κ2) is 41.5. The lowest BCUT2D eigenvalue weighted by atomic mass is 10.0. The quantitative estimate of drug-likeness (QED) is 0.0392. The number of esters is 2. The lowest BCUT2D eigenvalue weighted by Gasteiger charge is -2.12. The van der Waals surface area contributed by atoms with E-state index in [1.54, 1.807) is 0 Å². The summed E-state index contributed by atoms with van der Waals surface area (Å²) >= 11 is 0. The van der Waals surface area contributed by atoms with Gasteiger partial charge in [0.2, 0.25) is 0 Å². The Morgan fingerprint density at radius 3 is 1.14 bits per heavy atom. The van der Waals surface area contributed by atoms with E-state index in [9.17, 15) is 14.7 Å². The molecule has 0 heterocycles. The topological polar surface area (TPSA) is 72.8 Å². The lowest BCUT2D eigenvalue weighted by Crippen LogP contribution is -2.25. The molecule has 0 aromatic rings. The highest BCUT2D eigenvalue weighted by Gasteiger charge is 2.12. The van der Waals surface area contributed by atoms with E-state index >= 15 is 0 Å². The van der Waals surface area contributed by atoms with Gasteiger partial charge in [-0.1, -0.05) is 198 Å². The normalized spacial score (nSPS) is 12.5. The largest absolute Gasteiger partial charge is 0.463 e. The molecule has 0 aliphatic rings. The molecule has 1 atom stereocenters. The predicted molar refractivity (Wildman–Crippen MR) is 214 cm³/mol. The summed E-state index contributed by atoms with van der Waals surface area (Å²) in [7, 11) is 0. The number of carbonyl (C=O) groups excluding carboxylic acids is 2. The van der Waals surface area contributed by atoms with Crippen LogP contribution in [-0.2, 0) is 19.1 Å². The van der Waals surface area contributed by atoms with Gasteiger partial charge >= 0.3 is 11.9 Å². The van der Waals surface area contributed by atoms with Crippen LogP contribution in [0.5, 0.6) is 0 Å². The van der Waals surface area contributed by atoms with E-state index < -0.39 is 6.10 Å². The van der Waals surface area contributed by atoms with E-state index in [4.69, 9.17) is 9.47 Å². The molecule has 5 nitrogen and oxygen atoms in total. The van der Waals surface area contributed by atoms with Gasteiger partial charge in [-0.25, -0.2) is 0 Å². The van der Waals surface area contributed by atoms with Crippen LogP contribution >= 0.6 is 0 Å². The highest BCUT2D eigenvalue weighted by Crippen LogP contribution is 2.15. The molecule has 0 amide bonds. The summed E-state index contributed by atoms with van der Waals surface area (Å²) in [5, 5.41) is 10.0. The summed E-state index contributed by atoms with van der Waals surface area (Å²) in [6, 6.07) is 0. The van der Waals surface area contributed by atoms with Crippen LogP contribution in [0.25, 0.3) is 0 Å². The first-order valence-electron chi connectivity index (χ1n) is 21.5. The molecule has 0 aromatic heterocycles. The van der Waals surface area contributed by atoms with Crippen LogP contribution in [0.3, 0.4) is 0 Å². The zero-order valence-electron chi connectivity index (χ0n) is 33.2. The zero-order chi connectivity index (χ0) is 36.4. The molecule has 0 rings (SSSR count). The summed E-state index contributed by atoms with van der Waals surface area (Å²) < 4.78 is 10.3. The molecule has 0 saturated heterocycles. The summed E-state index contributed by atoms with van der Waals surface area (Å²) in [5.74, 6) is -0.577. The van der Waals surface area contributed by atoms with Crippen molar-refractivity contribution in [2.24, 2.45) is 0 Å². The van der Waals surface area contributed by atoms with Crippen LogP contribution in [0.15, 0.2) is 36.5 Å². The standard InChI is InChI=1S/C45H82O5/c1-3-5-7-9-11-13-15-17-19-20-21-22-23-24-26-28-30-32-34-36-38-40-45(48)50-42-43(46)41-49-44(47)39-37-35-33-31-29-27-25-18-16-14-12-10-8-6-4-2/h6,8,12,14,18,25,43,46H,3-5,7,9-11,13,15-17,19-24,26-42H2,1-2H3/b8-6-,14-12-,25-18-/t43-/m0/s1. The van der Waals surface area contributed by atoms with Crippen LogP contribution in [0.1, 0.15) is 219 Å². The van der Waals surface area contributed by atoms with E-state index in [-0.39, 0.29) is 25.2 Å². The molecule has 0 aliphatic carbocycles. The van der Waals surface area contributed by atoms with E-state index in [1.165, 1.54) is 128 Å². The van der Waals surface area contributed by atoms with Crippen molar-refractivity contribution in [3.63, 3.8) is 0 Å². The highest BCUT2D eigenvalue weighted by molar-refractivity contribution is 5.69. The molecule has 0 bridgehead atoms. The van der Waals surface area contributed by atoms with Crippen LogP contribution < -0.4 is 0 Å². The summed E-state index contributed by atoms with van der Waals surface area (Å²) in [4.78, 5) is 24.0. The maximum absolute atomic E-state index is 12.0. The Morgan fingerprint density at radius 1 is 0.440 bits per heavy atom. The number of ether oxygens (including phenoxy) is 2. The average Bonchev–Trinajstić information content (AvgIpc) is 3.12. The van der Waals surface area contributed by atoms with Gasteiger partial charge in [0, 0.05) is 12.8 Å². The van der Waals surface area contributed by atoms with Crippen molar-refractivity contribution in [2.75, 3.05) is 13.2 Å². The number of aliphatic hydroxyl groups excluding tert-OH is 1. The fourth-order valence-corrected chi connectivity index (χ4v) is 6.16. The molecular formula is C45H82O5. The Kier molecular flexibility index (Phi) is 40.0. The Labute approximate surface area is 310 Å². The molecular weight excluding hydrogens is 620 g/mol. The van der Waals surface area contributed by atoms with Gasteiger partial charge in [0.1, 0.15) is 19.3 Å². The first-order chi connectivity index (χ1) is 24.6. The Bertz CT molecular complexity index is 801. The third-order valence-electron chi connectivity index (χ3n) is 9.39. The molecule has 5 heteroatoms. The van der Waals surface area contributed by atoms with Crippen molar-refractivity contribution in [1.82, 2.24) is 0 Å². The minimum absolute atomic E-state index is 0.119. The molecule has 1 N–H and O–H groups in total. The predicted octanol–water partition coefficient (Wildman–Crippen LogP) is 13.6. The molecule has 0 unspecified atom stereocenters. The summed E-state index contributed by atoms with van der Waals surface area (Å²) in [6.45, 7) is 4.19. The number of carbonyl (C=O) groups is 2. The zero-order valence-corrected chi connectivity index (χ0v) is 33.2. The van der Waals surface area contributed by atoms with Gasteiger partial charge in [0.25, 0.3) is 0 Å². The maximum Gasteiger partial charge on any atom is 0.305 e. The van der Waals surface area contributed by atoms with Crippen LogP contribution in [0.4, 0.5) is 0 Å². The van der Waals surface area contributed by atoms with Crippen LogP contribution in [0, 0.1) is 0 Å². The van der Waals surface area contributed by atoms with Crippen molar-refractivity contribution in [2.45, 2.75) is 225 Å². The Balaban J connectivity index is 3.40. The number of unbranched alkanes of at least 4 members (excludes halogenated alkanes) is 25. The monoisotopic (exact) mass is 703 g/mol. The first kappa shape index (κ1) is 48.1. The molecule has 0 spiro atoms. The summed E-state index contributed by atoms with van der Waals surface area (Å²) in [6.07, 6.45) is 50.7. The minimum atomic E-state index is -0.968. The average molecular weight is 703 g/mol. The molecule has 50 heavy (non-hydrogen) atoms. The van der Waals surface area contributed by atoms with E-state index in [1.807, 2.05) is 0 Å². The smallest absolute Gasteiger partial charge is 0.305 e. The molecule has 0 fully saturated rings. The third-order valence-corrected chi connectivity index (χ3v) is 9.39. The van der Waals surface area contributed by atoms with Crippen molar-refractivity contribution in [3.05, 3.63) is 36.5 Å². The van der Waals surface area contributed by atoms with Gasteiger partial charge in [0.05, 0.1) is 0 Å². The van der Waals surface area contributed by atoms with Gasteiger partial charge in [0.15, 0.2) is 0 Å².